The number of nitrogens with two attached hydrogens (primary N) is 1. The van der Waals surface area contributed by atoms with Gasteiger partial charge in [0.05, 0.1) is 18.2 Å². The number of benzene rings is 1. The highest BCUT2D eigenvalue weighted by Gasteiger charge is 2.13. The first-order valence-electron chi connectivity index (χ1n) is 5.13. The van der Waals surface area contributed by atoms with Crippen LogP contribution in [0.1, 0.15) is 22.3 Å². The number of rotatable bonds is 4. The lowest BCUT2D eigenvalue weighted by Gasteiger charge is -2.07. The summed E-state index contributed by atoms with van der Waals surface area (Å²) in [5, 5.41) is 11.2. The van der Waals surface area contributed by atoms with E-state index in [-0.39, 0.29) is 12.5 Å². The number of carbonyl (C=O) groups is 1. The van der Waals surface area contributed by atoms with Gasteiger partial charge in [-0.2, -0.15) is 0 Å². The summed E-state index contributed by atoms with van der Waals surface area (Å²) < 4.78 is 0. The number of carboxylic acid groups (broad SMARTS) is 1. The van der Waals surface area contributed by atoms with Crippen LogP contribution in [0.2, 0.25) is 0 Å². The summed E-state index contributed by atoms with van der Waals surface area (Å²) in [5.74, 6) is -0.880. The smallest absolute Gasteiger partial charge is 0.309 e. The first-order valence-corrected chi connectivity index (χ1v) is 6.01. The van der Waals surface area contributed by atoms with Crippen molar-refractivity contribution in [1.29, 1.82) is 0 Å². The molecule has 17 heavy (non-hydrogen) atoms. The van der Waals surface area contributed by atoms with Gasteiger partial charge >= 0.3 is 5.97 Å². The van der Waals surface area contributed by atoms with Crippen molar-refractivity contribution in [1.82, 2.24) is 4.98 Å². The Hall–Kier alpha value is -1.72. The zero-order valence-corrected chi connectivity index (χ0v) is 9.85. The Bertz CT molecular complexity index is 510. The van der Waals surface area contributed by atoms with E-state index in [9.17, 15) is 4.79 Å². The van der Waals surface area contributed by atoms with Gasteiger partial charge in [-0.05, 0) is 5.56 Å². The molecule has 1 aromatic carbocycles. The maximum Gasteiger partial charge on any atom is 0.309 e. The topological polar surface area (TPSA) is 76.2 Å². The standard InChI is InChI=1S/C12H12N2O2S/c13-11(8-4-2-1-3-5-8)12-14-9(7-17-12)6-10(15)16/h1-5,7,11H,6,13H2,(H,15,16). The lowest BCUT2D eigenvalue weighted by molar-refractivity contribution is -0.136. The molecule has 1 atom stereocenters. The molecule has 1 heterocycles. The second-order valence-electron chi connectivity index (χ2n) is 3.64. The maximum atomic E-state index is 10.6. The van der Waals surface area contributed by atoms with Crippen LogP contribution in [-0.2, 0) is 11.2 Å². The van der Waals surface area contributed by atoms with Crippen LogP contribution in [0.25, 0.3) is 0 Å². The van der Waals surface area contributed by atoms with Gasteiger partial charge in [-0.3, -0.25) is 4.79 Å². The molecule has 0 fully saturated rings. The molecule has 0 saturated carbocycles. The Balaban J connectivity index is 2.17. The van der Waals surface area contributed by atoms with Crippen LogP contribution < -0.4 is 5.73 Å². The third kappa shape index (κ3) is 2.89. The molecule has 88 valence electrons. The molecule has 1 unspecified atom stereocenters. The molecular formula is C12H12N2O2S. The third-order valence-corrected chi connectivity index (χ3v) is 3.30. The molecule has 1 aromatic heterocycles. The predicted molar refractivity (Wildman–Crippen MR) is 65.9 cm³/mol. The highest BCUT2D eigenvalue weighted by Crippen LogP contribution is 2.22. The summed E-state index contributed by atoms with van der Waals surface area (Å²) >= 11 is 1.40. The van der Waals surface area contributed by atoms with Gasteiger partial charge < -0.3 is 10.8 Å². The molecule has 0 amide bonds. The van der Waals surface area contributed by atoms with Crippen LogP contribution in [0.4, 0.5) is 0 Å². The SMILES string of the molecule is NC(c1ccccc1)c1nc(CC(=O)O)cs1. The zero-order chi connectivity index (χ0) is 12.3. The van der Waals surface area contributed by atoms with Crippen molar-refractivity contribution < 1.29 is 9.90 Å². The van der Waals surface area contributed by atoms with Crippen molar-refractivity contribution in [3.8, 4) is 0 Å². The van der Waals surface area contributed by atoms with Gasteiger partial charge in [0.15, 0.2) is 0 Å². The van der Waals surface area contributed by atoms with Crippen molar-refractivity contribution in [3.05, 3.63) is 52.0 Å². The number of hydrogen-bond donors (Lipinski definition) is 2. The van der Waals surface area contributed by atoms with Crippen LogP contribution in [0.3, 0.4) is 0 Å². The van der Waals surface area contributed by atoms with Crippen molar-refractivity contribution >= 4 is 17.3 Å². The normalized spacial score (nSPS) is 12.3. The molecule has 0 saturated heterocycles. The van der Waals surface area contributed by atoms with Gasteiger partial charge in [0.1, 0.15) is 5.01 Å². The van der Waals surface area contributed by atoms with E-state index in [1.165, 1.54) is 11.3 Å². The fourth-order valence-corrected chi connectivity index (χ4v) is 2.35. The van der Waals surface area contributed by atoms with Gasteiger partial charge in [-0.25, -0.2) is 4.98 Å². The Morgan fingerprint density at radius 2 is 2.12 bits per heavy atom. The van der Waals surface area contributed by atoms with Gasteiger partial charge in [0.25, 0.3) is 0 Å². The average Bonchev–Trinajstić information content (AvgIpc) is 2.77. The number of aliphatic carboxylic acids is 1. The monoisotopic (exact) mass is 248 g/mol. The summed E-state index contributed by atoms with van der Waals surface area (Å²) in [5.41, 5.74) is 7.60. The quantitative estimate of drug-likeness (QED) is 0.865. The largest absolute Gasteiger partial charge is 0.481 e. The van der Waals surface area contributed by atoms with Gasteiger partial charge in [0.2, 0.25) is 0 Å². The summed E-state index contributed by atoms with van der Waals surface area (Å²) in [6.45, 7) is 0. The van der Waals surface area contributed by atoms with Crippen LogP contribution in [0, 0.1) is 0 Å². The number of nitrogens with zero attached hydrogens (tertiary/aromatic N) is 1. The molecule has 0 bridgehead atoms. The minimum Gasteiger partial charge on any atom is -0.481 e. The Morgan fingerprint density at radius 3 is 2.76 bits per heavy atom. The van der Waals surface area contributed by atoms with E-state index >= 15 is 0 Å². The van der Waals surface area contributed by atoms with Crippen molar-refractivity contribution in [2.45, 2.75) is 12.5 Å². The molecule has 2 rings (SSSR count). The molecule has 4 nitrogen and oxygen atoms in total. The fraction of sp³-hybridized carbons (Fsp3) is 0.167. The first-order chi connectivity index (χ1) is 8.16. The third-order valence-electron chi connectivity index (χ3n) is 2.33. The minimum atomic E-state index is -0.880. The van der Waals surface area contributed by atoms with Gasteiger partial charge in [-0.15, -0.1) is 11.3 Å². The van der Waals surface area contributed by atoms with Gasteiger partial charge in [-0.1, -0.05) is 30.3 Å². The number of aromatic nitrogens is 1. The highest BCUT2D eigenvalue weighted by atomic mass is 32.1. The number of thiazole rings is 1. The van der Waals surface area contributed by atoms with Crippen LogP contribution >= 0.6 is 11.3 Å². The van der Waals surface area contributed by atoms with E-state index < -0.39 is 5.97 Å². The summed E-state index contributed by atoms with van der Waals surface area (Å²) in [6, 6.07) is 9.34. The second-order valence-corrected chi connectivity index (χ2v) is 4.53. The molecule has 2 aromatic rings. The van der Waals surface area contributed by atoms with E-state index in [2.05, 4.69) is 4.98 Å². The highest BCUT2D eigenvalue weighted by molar-refractivity contribution is 7.09. The minimum absolute atomic E-state index is 0.0575. The maximum absolute atomic E-state index is 10.6. The fourth-order valence-electron chi connectivity index (χ4n) is 1.50. The van der Waals surface area contributed by atoms with E-state index in [1.807, 2.05) is 30.3 Å². The molecule has 0 radical (unpaired) electrons. The predicted octanol–water partition coefficient (Wildman–Crippen LogP) is 1.82. The molecule has 3 N–H and O–H groups in total. The summed E-state index contributed by atoms with van der Waals surface area (Å²) in [6.07, 6.45) is -0.0575. The van der Waals surface area contributed by atoms with Crippen molar-refractivity contribution in [3.63, 3.8) is 0 Å². The first kappa shape index (κ1) is 11.8. The van der Waals surface area contributed by atoms with Crippen LogP contribution in [-0.4, -0.2) is 16.1 Å². The van der Waals surface area contributed by atoms with Crippen LogP contribution in [0.15, 0.2) is 35.7 Å². The average molecular weight is 248 g/mol. The summed E-state index contributed by atoms with van der Waals surface area (Å²) in [4.78, 5) is 14.8. The lowest BCUT2D eigenvalue weighted by atomic mass is 10.1. The molecule has 0 aliphatic heterocycles. The summed E-state index contributed by atoms with van der Waals surface area (Å²) in [7, 11) is 0. The number of carboxylic acids is 1. The lowest BCUT2D eigenvalue weighted by Crippen LogP contribution is -2.11. The van der Waals surface area contributed by atoms with E-state index in [1.54, 1.807) is 5.38 Å². The molecule has 0 spiro atoms. The van der Waals surface area contributed by atoms with E-state index in [4.69, 9.17) is 10.8 Å². The number of hydrogen-bond acceptors (Lipinski definition) is 4. The van der Waals surface area contributed by atoms with Crippen LogP contribution in [0.5, 0.6) is 0 Å². The van der Waals surface area contributed by atoms with E-state index in [0.717, 1.165) is 10.6 Å². The zero-order valence-electron chi connectivity index (χ0n) is 9.04. The Morgan fingerprint density at radius 1 is 1.41 bits per heavy atom. The van der Waals surface area contributed by atoms with Crippen molar-refractivity contribution in [2.75, 3.05) is 0 Å². The Labute approximate surface area is 103 Å². The van der Waals surface area contributed by atoms with Crippen molar-refractivity contribution in [2.24, 2.45) is 5.73 Å². The Kier molecular flexibility index (Phi) is 3.51. The van der Waals surface area contributed by atoms with Gasteiger partial charge in [0, 0.05) is 5.38 Å². The molecule has 5 heteroatoms. The van der Waals surface area contributed by atoms with E-state index in [0.29, 0.717) is 5.69 Å². The molecule has 0 aliphatic carbocycles. The molecular weight excluding hydrogens is 236 g/mol. The molecule has 0 aliphatic rings. The second kappa shape index (κ2) is 5.07.